The Hall–Kier alpha value is 0.440. The number of allylic oxidation sites excluding steroid dienone is 1. The van der Waals surface area contributed by atoms with Gasteiger partial charge < -0.3 is 0 Å². The third kappa shape index (κ3) is 6.44. The second kappa shape index (κ2) is 3.44. The first-order chi connectivity index (χ1) is 3.13. The normalized spacial score (nSPS) is 13.6. The minimum atomic E-state index is 0.394. The molecular weight excluding hydrogens is 124 g/mol. The van der Waals surface area contributed by atoms with Crippen LogP contribution in [-0.4, -0.2) is 5.25 Å². The molecule has 0 heterocycles. The molecule has 1 unspecified atom stereocenters. The number of rotatable bonds is 2. The molecule has 0 aliphatic carbocycles. The van der Waals surface area contributed by atoms with Gasteiger partial charge in [0, 0.05) is 5.25 Å². The van der Waals surface area contributed by atoms with Crippen LogP contribution in [0, 0.1) is 0 Å². The van der Waals surface area contributed by atoms with Gasteiger partial charge in [0.25, 0.3) is 0 Å². The van der Waals surface area contributed by atoms with Crippen LogP contribution in [0.25, 0.3) is 0 Å². The van der Waals surface area contributed by atoms with Crippen LogP contribution in [-0.2, 0) is 0 Å². The molecule has 0 N–H and O–H groups in total. The average Bonchev–Trinajstić information content (AvgIpc) is 1.27. The summed E-state index contributed by atoms with van der Waals surface area (Å²) in [5.41, 5.74) is 0. The zero-order valence-electron chi connectivity index (χ0n) is 4.39. The third-order valence-electron chi connectivity index (χ3n) is 0.531. The Labute approximate surface area is 55.8 Å². The predicted molar refractivity (Wildman–Crippen MR) is 41.2 cm³/mol. The molecule has 2 heteroatoms. The molecule has 7 heavy (non-hydrogen) atoms. The monoisotopic (exact) mass is 134 g/mol. The van der Waals surface area contributed by atoms with Gasteiger partial charge in [0.05, 0.1) is 0 Å². The van der Waals surface area contributed by atoms with Gasteiger partial charge in [0.1, 0.15) is 0 Å². The number of thiol groups is 2. The van der Waals surface area contributed by atoms with Gasteiger partial charge in [-0.25, -0.2) is 0 Å². The highest BCUT2D eigenvalue weighted by Crippen LogP contribution is 2.09. The van der Waals surface area contributed by atoms with E-state index in [4.69, 9.17) is 0 Å². The lowest BCUT2D eigenvalue weighted by molar-refractivity contribution is 0.983. The summed E-state index contributed by atoms with van der Waals surface area (Å²) in [7, 11) is 0. The average molecular weight is 134 g/mol. The summed E-state index contributed by atoms with van der Waals surface area (Å²) in [6.45, 7) is 5.63. The lowest BCUT2D eigenvalue weighted by Gasteiger charge is -1.98. The smallest absolute Gasteiger partial charge is 0.00335 e. The Morgan fingerprint density at radius 1 is 1.86 bits per heavy atom. The van der Waals surface area contributed by atoms with Gasteiger partial charge in [0.2, 0.25) is 0 Å². The Bertz CT molecular complexity index is 66.5. The van der Waals surface area contributed by atoms with Crippen LogP contribution in [0.1, 0.15) is 13.3 Å². The second-order valence-corrected chi connectivity index (χ2v) is 3.13. The van der Waals surface area contributed by atoms with Crippen LogP contribution in [0.2, 0.25) is 0 Å². The summed E-state index contributed by atoms with van der Waals surface area (Å²) in [5.74, 6) is 0. The Balaban J connectivity index is 3.13. The highest BCUT2D eigenvalue weighted by Gasteiger charge is 1.91. The molecule has 0 fully saturated rings. The molecule has 0 amide bonds. The summed E-state index contributed by atoms with van der Waals surface area (Å²) < 4.78 is 0. The van der Waals surface area contributed by atoms with Crippen LogP contribution < -0.4 is 0 Å². The van der Waals surface area contributed by atoms with E-state index in [0.717, 1.165) is 11.3 Å². The van der Waals surface area contributed by atoms with E-state index in [1.807, 2.05) is 6.92 Å². The highest BCUT2D eigenvalue weighted by atomic mass is 32.1. The summed E-state index contributed by atoms with van der Waals surface area (Å²) in [4.78, 5) is 0.905. The van der Waals surface area contributed by atoms with Gasteiger partial charge in [-0.2, -0.15) is 12.6 Å². The van der Waals surface area contributed by atoms with Crippen molar-refractivity contribution in [3.63, 3.8) is 0 Å². The third-order valence-corrected chi connectivity index (χ3v) is 0.896. The number of hydrogen-bond acceptors (Lipinski definition) is 2. The molecule has 0 saturated carbocycles. The van der Waals surface area contributed by atoms with E-state index in [1.54, 1.807) is 0 Å². The molecule has 0 aromatic rings. The fourth-order valence-corrected chi connectivity index (χ4v) is 0.979. The topological polar surface area (TPSA) is 0 Å². The molecule has 0 aromatic carbocycles. The van der Waals surface area contributed by atoms with E-state index in [0.29, 0.717) is 5.25 Å². The zero-order chi connectivity index (χ0) is 5.86. The fourth-order valence-electron chi connectivity index (χ4n) is 0.341. The van der Waals surface area contributed by atoms with E-state index in [1.165, 1.54) is 0 Å². The van der Waals surface area contributed by atoms with E-state index >= 15 is 0 Å². The van der Waals surface area contributed by atoms with Crippen molar-refractivity contribution < 1.29 is 0 Å². The molecular formula is C5H10S2. The van der Waals surface area contributed by atoms with Crippen molar-refractivity contribution in [3.05, 3.63) is 11.5 Å². The van der Waals surface area contributed by atoms with Crippen LogP contribution in [0.4, 0.5) is 0 Å². The van der Waals surface area contributed by atoms with Crippen molar-refractivity contribution >= 4 is 25.3 Å². The lowest BCUT2D eigenvalue weighted by Crippen LogP contribution is -1.87. The first kappa shape index (κ1) is 7.44. The van der Waals surface area contributed by atoms with E-state index in [9.17, 15) is 0 Å². The molecule has 0 rings (SSSR count). The minimum absolute atomic E-state index is 0.394. The van der Waals surface area contributed by atoms with Crippen LogP contribution >= 0.6 is 25.3 Å². The largest absolute Gasteiger partial charge is 0.176 e. The molecule has 42 valence electrons. The molecule has 1 atom stereocenters. The predicted octanol–water partition coefficient (Wildman–Crippen LogP) is 2.14. The second-order valence-electron chi connectivity index (χ2n) is 1.62. The minimum Gasteiger partial charge on any atom is -0.176 e. The van der Waals surface area contributed by atoms with Crippen molar-refractivity contribution in [2.45, 2.75) is 18.6 Å². The molecule has 0 spiro atoms. The van der Waals surface area contributed by atoms with Crippen LogP contribution in [0.3, 0.4) is 0 Å². The van der Waals surface area contributed by atoms with Gasteiger partial charge in [-0.1, -0.05) is 13.5 Å². The maximum absolute atomic E-state index is 4.13. The Morgan fingerprint density at radius 2 is 2.29 bits per heavy atom. The molecule has 0 aromatic heterocycles. The quantitative estimate of drug-likeness (QED) is 0.531. The van der Waals surface area contributed by atoms with Gasteiger partial charge in [0.15, 0.2) is 0 Å². The number of hydrogen-bond donors (Lipinski definition) is 2. The van der Waals surface area contributed by atoms with Gasteiger partial charge >= 0.3 is 0 Å². The zero-order valence-corrected chi connectivity index (χ0v) is 6.17. The summed E-state index contributed by atoms with van der Waals surface area (Å²) >= 11 is 8.12. The van der Waals surface area contributed by atoms with E-state index in [-0.39, 0.29) is 0 Å². The maximum atomic E-state index is 4.13. The summed E-state index contributed by atoms with van der Waals surface area (Å²) in [6, 6.07) is 0. The molecule has 0 saturated heterocycles. The molecule has 0 aliphatic heterocycles. The maximum Gasteiger partial charge on any atom is 0.00335 e. The Kier molecular flexibility index (Phi) is 3.66. The van der Waals surface area contributed by atoms with Gasteiger partial charge in [-0.3, -0.25) is 0 Å². The highest BCUT2D eigenvalue weighted by molar-refractivity contribution is 7.84. The molecule has 0 aliphatic rings. The van der Waals surface area contributed by atoms with Crippen molar-refractivity contribution in [1.29, 1.82) is 0 Å². The fraction of sp³-hybridized carbons (Fsp3) is 0.600. The van der Waals surface area contributed by atoms with Crippen molar-refractivity contribution in [1.82, 2.24) is 0 Å². The Morgan fingerprint density at radius 3 is 2.29 bits per heavy atom. The van der Waals surface area contributed by atoms with Gasteiger partial charge in [-0.15, -0.1) is 12.6 Å². The van der Waals surface area contributed by atoms with Crippen molar-refractivity contribution in [2.75, 3.05) is 0 Å². The summed E-state index contributed by atoms with van der Waals surface area (Å²) in [6.07, 6.45) is 0.895. The molecule has 0 bridgehead atoms. The first-order valence-corrected chi connectivity index (χ1v) is 3.14. The van der Waals surface area contributed by atoms with Crippen LogP contribution in [0.15, 0.2) is 11.5 Å². The first-order valence-electron chi connectivity index (χ1n) is 2.17. The van der Waals surface area contributed by atoms with Crippen molar-refractivity contribution in [2.24, 2.45) is 0 Å². The van der Waals surface area contributed by atoms with E-state index in [2.05, 4.69) is 31.8 Å². The molecule has 0 nitrogen and oxygen atoms in total. The van der Waals surface area contributed by atoms with Crippen LogP contribution in [0.5, 0.6) is 0 Å². The van der Waals surface area contributed by atoms with Gasteiger partial charge in [-0.05, 0) is 11.3 Å². The standard InChI is InChI=1S/C5H10S2/c1-4(6)3-5(2)7/h5-7H,1,3H2,2H3. The van der Waals surface area contributed by atoms with E-state index < -0.39 is 0 Å². The SMILES string of the molecule is C=C(S)CC(C)S. The summed E-state index contributed by atoms with van der Waals surface area (Å²) in [5, 5.41) is 0.394. The molecule has 0 radical (unpaired) electrons. The lowest BCUT2D eigenvalue weighted by atomic mass is 10.3. The van der Waals surface area contributed by atoms with Crippen molar-refractivity contribution in [3.8, 4) is 0 Å².